The molecule has 18 heavy (non-hydrogen) atoms. The van der Waals surface area contributed by atoms with Gasteiger partial charge in [0.05, 0.1) is 12.9 Å². The molecule has 1 fully saturated rings. The van der Waals surface area contributed by atoms with E-state index in [0.717, 1.165) is 25.7 Å². The van der Waals surface area contributed by atoms with Gasteiger partial charge in [0.15, 0.2) is 0 Å². The van der Waals surface area contributed by atoms with Gasteiger partial charge in [-0.2, -0.15) is 4.31 Å². The third-order valence-electron chi connectivity index (χ3n) is 3.45. The first-order valence-electron chi connectivity index (χ1n) is 6.54. The maximum Gasteiger partial charge on any atom is 0.321 e. The van der Waals surface area contributed by atoms with Gasteiger partial charge in [0, 0.05) is 6.54 Å². The average molecular weight is 277 g/mol. The van der Waals surface area contributed by atoms with E-state index in [1.807, 2.05) is 0 Å². The fourth-order valence-electron chi connectivity index (χ4n) is 2.37. The van der Waals surface area contributed by atoms with E-state index in [1.54, 1.807) is 6.92 Å². The Bertz CT molecular complexity index is 360. The van der Waals surface area contributed by atoms with Crippen molar-refractivity contribution in [1.29, 1.82) is 0 Å². The summed E-state index contributed by atoms with van der Waals surface area (Å²) < 4.78 is 30.1. The van der Waals surface area contributed by atoms with Crippen molar-refractivity contribution in [1.82, 2.24) is 4.31 Å². The lowest BCUT2D eigenvalue weighted by atomic mass is 9.91. The molecule has 1 aliphatic carbocycles. The Morgan fingerprint density at radius 3 is 2.39 bits per heavy atom. The maximum absolute atomic E-state index is 12.2. The molecule has 0 spiro atoms. The van der Waals surface area contributed by atoms with E-state index < -0.39 is 16.0 Å². The van der Waals surface area contributed by atoms with Crippen LogP contribution >= 0.6 is 0 Å². The molecule has 0 aromatic heterocycles. The Morgan fingerprint density at radius 2 is 1.89 bits per heavy atom. The molecular weight excluding hydrogens is 254 g/mol. The van der Waals surface area contributed by atoms with Crippen molar-refractivity contribution in [2.45, 2.75) is 39.0 Å². The van der Waals surface area contributed by atoms with Crippen LogP contribution in [-0.4, -0.2) is 44.6 Å². The van der Waals surface area contributed by atoms with E-state index in [9.17, 15) is 13.2 Å². The molecule has 0 radical (unpaired) electrons. The first-order chi connectivity index (χ1) is 8.49. The van der Waals surface area contributed by atoms with E-state index >= 15 is 0 Å². The summed E-state index contributed by atoms with van der Waals surface area (Å²) >= 11 is 0. The first kappa shape index (κ1) is 15.4. The summed E-state index contributed by atoms with van der Waals surface area (Å²) in [6.45, 7) is 1.87. The molecular formula is C12H23NO4S. The minimum Gasteiger partial charge on any atom is -0.468 e. The maximum atomic E-state index is 12.2. The van der Waals surface area contributed by atoms with Gasteiger partial charge in [-0.15, -0.1) is 0 Å². The molecule has 0 bridgehead atoms. The van der Waals surface area contributed by atoms with Gasteiger partial charge in [0.2, 0.25) is 10.0 Å². The van der Waals surface area contributed by atoms with Crippen molar-refractivity contribution >= 4 is 16.0 Å². The van der Waals surface area contributed by atoms with E-state index in [4.69, 9.17) is 0 Å². The quantitative estimate of drug-likeness (QED) is 0.688. The van der Waals surface area contributed by atoms with E-state index in [0.29, 0.717) is 6.54 Å². The van der Waals surface area contributed by atoms with Gasteiger partial charge in [-0.25, -0.2) is 8.42 Å². The molecule has 0 aromatic carbocycles. The summed E-state index contributed by atoms with van der Waals surface area (Å²) in [6.07, 6.45) is 5.40. The zero-order valence-electron chi connectivity index (χ0n) is 11.2. The molecule has 6 heteroatoms. The second kappa shape index (κ2) is 7.09. The van der Waals surface area contributed by atoms with Crippen molar-refractivity contribution in [3.63, 3.8) is 0 Å². The number of esters is 1. The molecule has 0 atom stereocenters. The van der Waals surface area contributed by atoms with E-state index in [-0.39, 0.29) is 18.2 Å². The summed E-state index contributed by atoms with van der Waals surface area (Å²) in [7, 11) is -2.08. The highest BCUT2D eigenvalue weighted by Gasteiger charge is 2.27. The lowest BCUT2D eigenvalue weighted by Gasteiger charge is -2.25. The highest BCUT2D eigenvalue weighted by atomic mass is 32.2. The Hall–Kier alpha value is -0.620. The Balaban J connectivity index is 2.61. The Kier molecular flexibility index (Phi) is 6.08. The number of rotatable bonds is 6. The van der Waals surface area contributed by atoms with Crippen LogP contribution in [-0.2, 0) is 19.6 Å². The normalized spacial score (nSPS) is 17.9. The molecule has 5 nitrogen and oxygen atoms in total. The van der Waals surface area contributed by atoms with Gasteiger partial charge < -0.3 is 4.74 Å². The molecule has 0 saturated heterocycles. The van der Waals surface area contributed by atoms with Crippen LogP contribution in [0.25, 0.3) is 0 Å². The zero-order chi connectivity index (χ0) is 13.6. The number of nitrogens with zero attached hydrogens (tertiary/aromatic N) is 1. The fraction of sp³-hybridized carbons (Fsp3) is 0.917. The topological polar surface area (TPSA) is 63.7 Å². The first-order valence-corrected chi connectivity index (χ1v) is 8.15. The number of sulfonamides is 1. The molecule has 1 rings (SSSR count). The number of hydrogen-bond acceptors (Lipinski definition) is 4. The standard InChI is InChI=1S/C12H23NO4S/c1-3-13(9-12(14)17-2)18(15,16)10-11-7-5-4-6-8-11/h11H,3-10H2,1-2H3. The van der Waals surface area contributed by atoms with E-state index in [1.165, 1.54) is 17.8 Å². The number of hydrogen-bond donors (Lipinski definition) is 0. The Morgan fingerprint density at radius 1 is 1.28 bits per heavy atom. The third-order valence-corrected chi connectivity index (χ3v) is 5.52. The number of likely N-dealkylation sites (N-methyl/N-ethyl adjacent to an activating group) is 1. The molecule has 0 unspecified atom stereocenters. The summed E-state index contributed by atoms with van der Waals surface area (Å²) in [5.41, 5.74) is 0. The molecule has 1 saturated carbocycles. The van der Waals surface area contributed by atoms with Crippen molar-refractivity contribution in [3.05, 3.63) is 0 Å². The second-order valence-electron chi connectivity index (χ2n) is 4.78. The molecule has 0 aromatic rings. The van der Waals surface area contributed by atoms with Gasteiger partial charge in [-0.3, -0.25) is 4.79 Å². The summed E-state index contributed by atoms with van der Waals surface area (Å²) in [5.74, 6) is -0.0998. The number of carbonyl (C=O) groups is 1. The van der Waals surface area contributed by atoms with Crippen LogP contribution in [0.3, 0.4) is 0 Å². The lowest BCUT2D eigenvalue weighted by molar-refractivity contribution is -0.140. The van der Waals surface area contributed by atoms with Gasteiger partial charge in [0.25, 0.3) is 0 Å². The van der Waals surface area contributed by atoms with Crippen LogP contribution in [0.15, 0.2) is 0 Å². The van der Waals surface area contributed by atoms with Crippen LogP contribution in [0.4, 0.5) is 0 Å². The zero-order valence-corrected chi connectivity index (χ0v) is 12.0. The molecule has 0 amide bonds. The molecule has 1 aliphatic rings. The van der Waals surface area contributed by atoms with Crippen molar-refractivity contribution < 1.29 is 17.9 Å². The summed E-state index contributed by atoms with van der Waals surface area (Å²) in [4.78, 5) is 11.2. The van der Waals surface area contributed by atoms with Crippen molar-refractivity contribution in [2.75, 3.05) is 26.0 Å². The van der Waals surface area contributed by atoms with Crippen molar-refractivity contribution in [2.24, 2.45) is 5.92 Å². The van der Waals surface area contributed by atoms with E-state index in [2.05, 4.69) is 4.74 Å². The second-order valence-corrected chi connectivity index (χ2v) is 6.80. The highest BCUT2D eigenvalue weighted by molar-refractivity contribution is 7.89. The van der Waals surface area contributed by atoms with Crippen LogP contribution in [0.5, 0.6) is 0 Å². The SMILES string of the molecule is CCN(CC(=O)OC)S(=O)(=O)CC1CCCCC1. The molecule has 0 aliphatic heterocycles. The fourth-order valence-corrected chi connectivity index (χ4v) is 4.21. The van der Waals surface area contributed by atoms with Crippen molar-refractivity contribution in [3.8, 4) is 0 Å². The van der Waals surface area contributed by atoms with Gasteiger partial charge in [-0.1, -0.05) is 26.2 Å². The van der Waals surface area contributed by atoms with Gasteiger partial charge >= 0.3 is 5.97 Å². The number of carbonyl (C=O) groups excluding carboxylic acids is 1. The van der Waals surface area contributed by atoms with Crippen LogP contribution in [0, 0.1) is 5.92 Å². The minimum absolute atomic E-state index is 0.165. The molecule has 0 heterocycles. The minimum atomic E-state index is -3.34. The summed E-state index contributed by atoms with van der Waals surface area (Å²) in [6, 6.07) is 0. The number of methoxy groups -OCH3 is 1. The largest absolute Gasteiger partial charge is 0.468 e. The molecule has 0 N–H and O–H groups in total. The average Bonchev–Trinajstić information content (AvgIpc) is 2.36. The molecule has 106 valence electrons. The number of ether oxygens (including phenoxy) is 1. The lowest BCUT2D eigenvalue weighted by Crippen LogP contribution is -2.39. The van der Waals surface area contributed by atoms with Crippen LogP contribution < -0.4 is 0 Å². The predicted molar refractivity (Wildman–Crippen MR) is 69.6 cm³/mol. The van der Waals surface area contributed by atoms with Gasteiger partial charge in [0.1, 0.15) is 6.54 Å². The summed E-state index contributed by atoms with van der Waals surface area (Å²) in [5, 5.41) is 0. The van der Waals surface area contributed by atoms with Crippen LogP contribution in [0.2, 0.25) is 0 Å². The Labute approximate surface area is 110 Å². The third kappa shape index (κ3) is 4.57. The van der Waals surface area contributed by atoms with Crippen LogP contribution in [0.1, 0.15) is 39.0 Å². The van der Waals surface area contributed by atoms with Gasteiger partial charge in [-0.05, 0) is 18.8 Å². The smallest absolute Gasteiger partial charge is 0.321 e. The highest BCUT2D eigenvalue weighted by Crippen LogP contribution is 2.25. The monoisotopic (exact) mass is 277 g/mol. The predicted octanol–water partition coefficient (Wildman–Crippen LogP) is 1.39.